The van der Waals surface area contributed by atoms with Gasteiger partial charge in [-0.05, 0) is 43.2 Å². The summed E-state index contributed by atoms with van der Waals surface area (Å²) in [6.07, 6.45) is 4.11. The minimum atomic E-state index is -0.857. The number of rotatable bonds is 6. The van der Waals surface area contributed by atoms with E-state index in [0.717, 1.165) is 11.1 Å². The smallest absolute Gasteiger partial charge is 0.304 e. The Kier molecular flexibility index (Phi) is 4.94. The van der Waals surface area contributed by atoms with Crippen LogP contribution in [0.15, 0.2) is 54.9 Å². The number of aromatic nitrogens is 1. The van der Waals surface area contributed by atoms with Gasteiger partial charge < -0.3 is 19.3 Å². The van der Waals surface area contributed by atoms with E-state index in [9.17, 15) is 9.18 Å². The number of fused-ring (bicyclic) bond motifs is 2. The van der Waals surface area contributed by atoms with Crippen molar-refractivity contribution >= 4 is 5.97 Å². The number of carbonyl (C=O) groups is 1. The minimum Gasteiger partial charge on any atom is -0.492 e. The molecule has 0 saturated heterocycles. The predicted octanol–water partition coefficient (Wildman–Crippen LogP) is 5.03. The quantitative estimate of drug-likeness (QED) is 0.602. The zero-order valence-corrected chi connectivity index (χ0v) is 16.6. The van der Waals surface area contributed by atoms with Crippen LogP contribution in [0.2, 0.25) is 0 Å². The molecule has 1 aliphatic carbocycles. The molecule has 1 aliphatic heterocycles. The van der Waals surface area contributed by atoms with E-state index in [1.165, 1.54) is 6.07 Å². The number of nitrogens with zero attached hydrogens (tertiary/aromatic N) is 1. The summed E-state index contributed by atoms with van der Waals surface area (Å²) >= 11 is 0. The van der Waals surface area contributed by atoms with Crippen LogP contribution < -0.4 is 14.2 Å². The van der Waals surface area contributed by atoms with Gasteiger partial charge in [0, 0.05) is 34.9 Å². The number of aliphatic carboxylic acids is 1. The number of ether oxygens (including phenoxy) is 3. The molecule has 0 unspecified atom stereocenters. The standard InChI is InChI=1S/C24H20FNO5/c25-19-6-8-20(31-16-2-1-9-26-12-16)18-5-7-21(24(18)19)30-15-3-4-17-14(10-23(27)28)13-29-22(17)11-15/h1-4,6,8-9,11-12,14,21H,5,7,10,13H2,(H,27,28)/t14-,21-/m1/s1. The SMILES string of the molecule is O=C(O)C[C@@H]1COc2cc(O[C@@H]3CCc4c(Oc5cccnc5)ccc(F)c43)ccc21. The van der Waals surface area contributed by atoms with Gasteiger partial charge >= 0.3 is 5.97 Å². The topological polar surface area (TPSA) is 77.9 Å². The zero-order chi connectivity index (χ0) is 21.4. The Hall–Kier alpha value is -3.61. The van der Waals surface area contributed by atoms with Crippen molar-refractivity contribution in [3.8, 4) is 23.0 Å². The van der Waals surface area contributed by atoms with Crippen LogP contribution in [0.4, 0.5) is 4.39 Å². The summed E-state index contributed by atoms with van der Waals surface area (Å²) in [6, 6.07) is 12.0. The van der Waals surface area contributed by atoms with E-state index in [1.54, 1.807) is 42.7 Å². The van der Waals surface area contributed by atoms with Gasteiger partial charge in [0.15, 0.2) is 0 Å². The third-order valence-electron chi connectivity index (χ3n) is 5.67. The number of hydrogen-bond donors (Lipinski definition) is 1. The molecule has 0 radical (unpaired) electrons. The highest BCUT2D eigenvalue weighted by Crippen LogP contribution is 2.44. The van der Waals surface area contributed by atoms with E-state index in [4.69, 9.17) is 19.3 Å². The lowest BCUT2D eigenvalue weighted by molar-refractivity contribution is -0.137. The summed E-state index contributed by atoms with van der Waals surface area (Å²) in [5.41, 5.74) is 2.17. The maximum absolute atomic E-state index is 14.7. The highest BCUT2D eigenvalue weighted by atomic mass is 19.1. The molecule has 2 atom stereocenters. The molecular formula is C24H20FNO5. The van der Waals surface area contributed by atoms with Crippen molar-refractivity contribution in [2.45, 2.75) is 31.3 Å². The second-order valence-electron chi connectivity index (χ2n) is 7.68. The lowest BCUT2D eigenvalue weighted by Crippen LogP contribution is -2.07. The molecular weight excluding hydrogens is 401 g/mol. The molecule has 2 heterocycles. The van der Waals surface area contributed by atoms with Crippen LogP contribution >= 0.6 is 0 Å². The van der Waals surface area contributed by atoms with Gasteiger partial charge in [-0.2, -0.15) is 0 Å². The number of pyridine rings is 1. The normalized spacial score (nSPS) is 18.7. The molecule has 3 aromatic rings. The fourth-order valence-corrected chi connectivity index (χ4v) is 4.26. The molecule has 0 spiro atoms. The van der Waals surface area contributed by atoms with Gasteiger partial charge in [-0.25, -0.2) is 4.39 Å². The average Bonchev–Trinajstić information content (AvgIpc) is 3.36. The van der Waals surface area contributed by atoms with Gasteiger partial charge in [-0.15, -0.1) is 0 Å². The highest BCUT2D eigenvalue weighted by molar-refractivity contribution is 5.68. The van der Waals surface area contributed by atoms with Crippen molar-refractivity contribution in [1.82, 2.24) is 4.98 Å². The van der Waals surface area contributed by atoms with Gasteiger partial charge in [0.25, 0.3) is 0 Å². The summed E-state index contributed by atoms with van der Waals surface area (Å²) < 4.78 is 32.4. The van der Waals surface area contributed by atoms with Crippen LogP contribution in [0.1, 0.15) is 41.6 Å². The molecule has 0 bridgehead atoms. The van der Waals surface area contributed by atoms with Gasteiger partial charge in [-0.3, -0.25) is 9.78 Å². The number of carboxylic acids is 1. The first-order chi connectivity index (χ1) is 15.1. The highest BCUT2D eigenvalue weighted by Gasteiger charge is 2.32. The zero-order valence-electron chi connectivity index (χ0n) is 16.6. The molecule has 0 fully saturated rings. The molecule has 158 valence electrons. The molecule has 6 nitrogen and oxygen atoms in total. The van der Waals surface area contributed by atoms with E-state index in [-0.39, 0.29) is 18.2 Å². The molecule has 1 aromatic heterocycles. The van der Waals surface area contributed by atoms with E-state index in [2.05, 4.69) is 4.98 Å². The maximum atomic E-state index is 14.7. The molecule has 0 amide bonds. The Morgan fingerprint density at radius 1 is 1.23 bits per heavy atom. The van der Waals surface area contributed by atoms with E-state index < -0.39 is 12.1 Å². The van der Waals surface area contributed by atoms with Crippen molar-refractivity contribution in [2.24, 2.45) is 0 Å². The second-order valence-corrected chi connectivity index (χ2v) is 7.68. The van der Waals surface area contributed by atoms with Crippen LogP contribution in [-0.2, 0) is 11.2 Å². The molecule has 1 N–H and O–H groups in total. The largest absolute Gasteiger partial charge is 0.492 e. The Morgan fingerprint density at radius 3 is 2.94 bits per heavy atom. The summed E-state index contributed by atoms with van der Waals surface area (Å²) in [4.78, 5) is 15.1. The monoisotopic (exact) mass is 421 g/mol. The molecule has 2 aromatic carbocycles. The van der Waals surface area contributed by atoms with Gasteiger partial charge in [0.05, 0.1) is 19.2 Å². The molecule has 31 heavy (non-hydrogen) atoms. The minimum absolute atomic E-state index is 0.0220. The van der Waals surface area contributed by atoms with Crippen LogP contribution in [0.25, 0.3) is 0 Å². The van der Waals surface area contributed by atoms with E-state index in [0.29, 0.717) is 48.0 Å². The lowest BCUT2D eigenvalue weighted by atomic mass is 9.98. The second kappa shape index (κ2) is 7.91. The summed E-state index contributed by atoms with van der Waals surface area (Å²) in [5, 5.41) is 9.05. The number of benzene rings is 2. The fraction of sp³-hybridized carbons (Fsp3) is 0.250. The van der Waals surface area contributed by atoms with E-state index in [1.807, 2.05) is 6.07 Å². The van der Waals surface area contributed by atoms with Crippen molar-refractivity contribution in [2.75, 3.05) is 6.61 Å². The Balaban J connectivity index is 1.37. The van der Waals surface area contributed by atoms with E-state index >= 15 is 0 Å². The van der Waals surface area contributed by atoms with Gasteiger partial charge in [-0.1, -0.05) is 6.07 Å². The number of halogens is 1. The Bertz CT molecular complexity index is 1130. The average molecular weight is 421 g/mol. The summed E-state index contributed by atoms with van der Waals surface area (Å²) in [6.45, 7) is 0.334. The first-order valence-electron chi connectivity index (χ1n) is 10.1. The number of hydrogen-bond acceptors (Lipinski definition) is 5. The first-order valence-corrected chi connectivity index (χ1v) is 10.1. The van der Waals surface area contributed by atoms with Gasteiger partial charge in [0.1, 0.15) is 34.9 Å². The van der Waals surface area contributed by atoms with Crippen LogP contribution in [0.5, 0.6) is 23.0 Å². The van der Waals surface area contributed by atoms with Crippen molar-refractivity contribution in [3.05, 3.63) is 77.4 Å². The Morgan fingerprint density at radius 2 is 2.13 bits per heavy atom. The Labute approximate surface area is 178 Å². The maximum Gasteiger partial charge on any atom is 0.304 e. The van der Waals surface area contributed by atoms with Crippen LogP contribution in [-0.4, -0.2) is 22.7 Å². The third kappa shape index (κ3) is 3.79. The predicted molar refractivity (Wildman–Crippen MR) is 109 cm³/mol. The molecule has 0 saturated carbocycles. The fourth-order valence-electron chi connectivity index (χ4n) is 4.26. The summed E-state index contributed by atoms with van der Waals surface area (Å²) in [5.74, 6) is 1.02. The third-order valence-corrected chi connectivity index (χ3v) is 5.67. The van der Waals surface area contributed by atoms with Crippen molar-refractivity contribution < 1.29 is 28.5 Å². The van der Waals surface area contributed by atoms with Crippen LogP contribution in [0, 0.1) is 5.82 Å². The van der Waals surface area contributed by atoms with Crippen LogP contribution in [0.3, 0.4) is 0 Å². The molecule has 2 aliphatic rings. The summed E-state index contributed by atoms with van der Waals surface area (Å²) in [7, 11) is 0. The molecule has 5 rings (SSSR count). The van der Waals surface area contributed by atoms with Gasteiger partial charge in [0.2, 0.25) is 0 Å². The van der Waals surface area contributed by atoms with Crippen molar-refractivity contribution in [1.29, 1.82) is 0 Å². The molecule has 7 heteroatoms. The first kappa shape index (κ1) is 19.4. The van der Waals surface area contributed by atoms with Crippen molar-refractivity contribution in [3.63, 3.8) is 0 Å². The lowest BCUT2D eigenvalue weighted by Gasteiger charge is -2.17. The number of carboxylic acid groups (broad SMARTS) is 1.